The monoisotopic (exact) mass is 292 g/mol. The lowest BCUT2D eigenvalue weighted by Crippen LogP contribution is -2.39. The number of rotatable bonds is 5. The Balaban J connectivity index is 2.14. The summed E-state index contributed by atoms with van der Waals surface area (Å²) < 4.78 is 14.2. The SMILES string of the molecule is CCC1(C)CCN(c2cccc(F)c2CNC(C)C)CC1. The van der Waals surface area contributed by atoms with Crippen LogP contribution in [0.1, 0.15) is 52.5 Å². The molecule has 0 atom stereocenters. The van der Waals surface area contributed by atoms with Gasteiger partial charge in [-0.2, -0.15) is 0 Å². The van der Waals surface area contributed by atoms with E-state index < -0.39 is 0 Å². The zero-order chi connectivity index (χ0) is 15.5. The highest BCUT2D eigenvalue weighted by atomic mass is 19.1. The zero-order valence-corrected chi connectivity index (χ0v) is 13.9. The van der Waals surface area contributed by atoms with Crippen LogP contribution in [0.5, 0.6) is 0 Å². The van der Waals surface area contributed by atoms with Crippen molar-refractivity contribution in [3.8, 4) is 0 Å². The minimum atomic E-state index is -0.0931. The van der Waals surface area contributed by atoms with Gasteiger partial charge in [0.1, 0.15) is 5.82 Å². The maximum atomic E-state index is 14.2. The van der Waals surface area contributed by atoms with Gasteiger partial charge in [0.05, 0.1) is 0 Å². The Bertz CT molecular complexity index is 462. The molecule has 118 valence electrons. The first-order valence-electron chi connectivity index (χ1n) is 8.21. The average Bonchev–Trinajstić information content (AvgIpc) is 2.46. The van der Waals surface area contributed by atoms with Crippen LogP contribution in [0.15, 0.2) is 18.2 Å². The van der Waals surface area contributed by atoms with E-state index in [-0.39, 0.29) is 5.82 Å². The highest BCUT2D eigenvalue weighted by Gasteiger charge is 2.29. The number of piperidine rings is 1. The maximum absolute atomic E-state index is 14.2. The summed E-state index contributed by atoms with van der Waals surface area (Å²) in [5.74, 6) is -0.0931. The van der Waals surface area contributed by atoms with E-state index in [9.17, 15) is 4.39 Å². The molecule has 0 bridgehead atoms. The van der Waals surface area contributed by atoms with Crippen LogP contribution in [-0.4, -0.2) is 19.1 Å². The molecule has 0 spiro atoms. The van der Waals surface area contributed by atoms with Gasteiger partial charge < -0.3 is 10.2 Å². The molecule has 1 aromatic carbocycles. The van der Waals surface area contributed by atoms with Crippen LogP contribution in [-0.2, 0) is 6.54 Å². The van der Waals surface area contributed by atoms with Crippen molar-refractivity contribution in [2.75, 3.05) is 18.0 Å². The molecule has 2 nitrogen and oxygen atoms in total. The van der Waals surface area contributed by atoms with Gasteiger partial charge in [-0.1, -0.05) is 40.2 Å². The minimum Gasteiger partial charge on any atom is -0.371 e. The normalized spacial score (nSPS) is 18.3. The molecule has 21 heavy (non-hydrogen) atoms. The fraction of sp³-hybridized carbons (Fsp3) is 0.667. The van der Waals surface area contributed by atoms with Crippen molar-refractivity contribution >= 4 is 5.69 Å². The Hall–Kier alpha value is -1.09. The molecule has 0 amide bonds. The van der Waals surface area contributed by atoms with Gasteiger partial charge in [0, 0.05) is 36.9 Å². The lowest BCUT2D eigenvalue weighted by Gasteiger charge is -2.40. The smallest absolute Gasteiger partial charge is 0.129 e. The molecule has 1 aliphatic heterocycles. The summed E-state index contributed by atoms with van der Waals surface area (Å²) in [4.78, 5) is 2.36. The predicted molar refractivity (Wildman–Crippen MR) is 88.2 cm³/mol. The van der Waals surface area contributed by atoms with Gasteiger partial charge >= 0.3 is 0 Å². The Labute approximate surface area is 128 Å². The van der Waals surface area contributed by atoms with Crippen LogP contribution in [0.25, 0.3) is 0 Å². The standard InChI is InChI=1S/C18H29FN2/c1-5-18(4)9-11-21(12-10-18)17-8-6-7-16(19)15(17)13-20-14(2)3/h6-8,14,20H,5,9-13H2,1-4H3. The van der Waals surface area contributed by atoms with Crippen LogP contribution in [0.3, 0.4) is 0 Å². The van der Waals surface area contributed by atoms with Crippen LogP contribution in [0.2, 0.25) is 0 Å². The molecule has 1 aromatic rings. The van der Waals surface area contributed by atoms with E-state index >= 15 is 0 Å². The second-order valence-corrected chi connectivity index (χ2v) is 6.92. The third kappa shape index (κ3) is 3.97. The molecule has 1 aliphatic rings. The van der Waals surface area contributed by atoms with Gasteiger partial charge in [0.25, 0.3) is 0 Å². The molecular weight excluding hydrogens is 263 g/mol. The van der Waals surface area contributed by atoms with Gasteiger partial charge in [-0.05, 0) is 30.4 Å². The summed E-state index contributed by atoms with van der Waals surface area (Å²) in [5.41, 5.74) is 2.34. The van der Waals surface area contributed by atoms with Crippen molar-refractivity contribution in [3.05, 3.63) is 29.6 Å². The summed E-state index contributed by atoms with van der Waals surface area (Å²) in [5, 5.41) is 3.34. The van der Waals surface area contributed by atoms with Gasteiger partial charge in [0.2, 0.25) is 0 Å². The molecule has 0 unspecified atom stereocenters. The molecule has 1 fully saturated rings. The molecule has 0 saturated carbocycles. The topological polar surface area (TPSA) is 15.3 Å². The van der Waals surface area contributed by atoms with Crippen molar-refractivity contribution in [1.82, 2.24) is 5.32 Å². The number of nitrogens with one attached hydrogen (secondary N) is 1. The molecule has 1 heterocycles. The first-order chi connectivity index (χ1) is 9.95. The quantitative estimate of drug-likeness (QED) is 0.868. The van der Waals surface area contributed by atoms with Crippen LogP contribution in [0.4, 0.5) is 10.1 Å². The van der Waals surface area contributed by atoms with Crippen LogP contribution in [0, 0.1) is 11.2 Å². The van der Waals surface area contributed by atoms with Crippen LogP contribution < -0.4 is 10.2 Å². The molecule has 0 radical (unpaired) electrons. The van der Waals surface area contributed by atoms with Gasteiger partial charge in [0.15, 0.2) is 0 Å². The van der Waals surface area contributed by atoms with Crippen LogP contribution >= 0.6 is 0 Å². The lowest BCUT2D eigenvalue weighted by atomic mass is 9.78. The van der Waals surface area contributed by atoms with E-state index in [4.69, 9.17) is 0 Å². The molecule has 0 aromatic heterocycles. The summed E-state index contributed by atoms with van der Waals surface area (Å²) >= 11 is 0. The second kappa shape index (κ2) is 6.78. The first-order valence-corrected chi connectivity index (χ1v) is 8.21. The van der Waals surface area contributed by atoms with E-state index in [1.807, 2.05) is 6.07 Å². The first kappa shape index (κ1) is 16.3. The summed E-state index contributed by atoms with van der Waals surface area (Å²) in [6, 6.07) is 5.83. The maximum Gasteiger partial charge on any atom is 0.129 e. The third-order valence-corrected chi connectivity index (χ3v) is 4.95. The number of halogens is 1. The van der Waals surface area contributed by atoms with E-state index in [1.165, 1.54) is 19.3 Å². The largest absolute Gasteiger partial charge is 0.371 e. The predicted octanol–water partition coefficient (Wildman–Crippen LogP) is 4.34. The van der Waals surface area contributed by atoms with Gasteiger partial charge in [-0.3, -0.25) is 0 Å². The van der Waals surface area contributed by atoms with Gasteiger partial charge in [-0.15, -0.1) is 0 Å². The van der Waals surface area contributed by atoms with E-state index in [0.717, 1.165) is 24.3 Å². The summed E-state index contributed by atoms with van der Waals surface area (Å²) in [7, 11) is 0. The average molecular weight is 292 g/mol. The molecular formula is C18H29FN2. The number of benzene rings is 1. The third-order valence-electron chi connectivity index (χ3n) is 4.95. The molecule has 0 aliphatic carbocycles. The molecule has 2 rings (SSSR count). The Morgan fingerprint density at radius 3 is 2.52 bits per heavy atom. The van der Waals surface area contributed by atoms with Crippen molar-refractivity contribution in [1.29, 1.82) is 0 Å². The van der Waals surface area contributed by atoms with E-state index in [1.54, 1.807) is 6.07 Å². The summed E-state index contributed by atoms with van der Waals surface area (Å²) in [6.07, 6.45) is 3.61. The van der Waals surface area contributed by atoms with Gasteiger partial charge in [-0.25, -0.2) is 4.39 Å². The number of hydrogen-bond donors (Lipinski definition) is 1. The minimum absolute atomic E-state index is 0.0931. The fourth-order valence-electron chi connectivity index (χ4n) is 2.97. The number of anilines is 1. The fourth-order valence-corrected chi connectivity index (χ4v) is 2.97. The van der Waals surface area contributed by atoms with Crippen molar-refractivity contribution in [2.24, 2.45) is 5.41 Å². The second-order valence-electron chi connectivity index (χ2n) is 6.92. The Kier molecular flexibility index (Phi) is 5.26. The highest BCUT2D eigenvalue weighted by Crippen LogP contribution is 2.36. The Morgan fingerprint density at radius 2 is 1.95 bits per heavy atom. The molecule has 1 N–H and O–H groups in total. The van der Waals surface area contributed by atoms with Crippen molar-refractivity contribution in [2.45, 2.75) is 59.5 Å². The molecule has 3 heteroatoms. The zero-order valence-electron chi connectivity index (χ0n) is 13.9. The highest BCUT2D eigenvalue weighted by molar-refractivity contribution is 5.54. The number of nitrogens with zero attached hydrogens (tertiary/aromatic N) is 1. The van der Waals surface area contributed by atoms with Crippen molar-refractivity contribution in [3.63, 3.8) is 0 Å². The lowest BCUT2D eigenvalue weighted by molar-refractivity contribution is 0.238. The summed E-state index contributed by atoms with van der Waals surface area (Å²) in [6.45, 7) is 11.5. The molecule has 1 saturated heterocycles. The van der Waals surface area contributed by atoms with E-state index in [0.29, 0.717) is 18.0 Å². The van der Waals surface area contributed by atoms with Crippen molar-refractivity contribution < 1.29 is 4.39 Å². The Morgan fingerprint density at radius 1 is 1.29 bits per heavy atom. The van der Waals surface area contributed by atoms with E-state index in [2.05, 4.69) is 44.0 Å². The number of hydrogen-bond acceptors (Lipinski definition) is 2.